The maximum atomic E-state index is 13.3. The van der Waals surface area contributed by atoms with E-state index in [2.05, 4.69) is 20.9 Å². The van der Waals surface area contributed by atoms with Crippen molar-refractivity contribution < 1.29 is 18.0 Å². The maximum absolute atomic E-state index is 13.3. The molecule has 0 bridgehead atoms. The molecule has 0 radical (unpaired) electrons. The topological polar surface area (TPSA) is 36.4 Å². The van der Waals surface area contributed by atoms with E-state index in [4.69, 9.17) is 0 Å². The van der Waals surface area contributed by atoms with Crippen molar-refractivity contribution in [2.45, 2.75) is 44.3 Å². The van der Waals surface area contributed by atoms with E-state index < -0.39 is 11.7 Å². The van der Waals surface area contributed by atoms with Crippen LogP contribution >= 0.6 is 15.9 Å². The fraction of sp³-hybridized carbons (Fsp3) is 0.647. The molecule has 1 aromatic rings. The van der Waals surface area contributed by atoms with Gasteiger partial charge in [-0.3, -0.25) is 4.79 Å². The lowest BCUT2D eigenvalue weighted by Crippen LogP contribution is -2.48. The Balaban J connectivity index is 1.67. The zero-order valence-electron chi connectivity index (χ0n) is 14.0. The van der Waals surface area contributed by atoms with Gasteiger partial charge in [0, 0.05) is 42.8 Å². The molecule has 138 valence electrons. The molecular weight excluding hydrogens is 399 g/mol. The number of piperidine rings is 1. The number of nitrogens with zero attached hydrogens (tertiary/aromatic N) is 3. The standard InChI is InChI=1S/C17H21BrF3N3O/c1-23(16(25)11-3-2-4-11)13-5-7-24(8-6-13)15-14(17(19,20)21)9-12(18)10-22-15/h9-11,13H,2-8H2,1H3. The third-order valence-electron chi connectivity index (χ3n) is 5.25. The Kier molecular flexibility index (Phi) is 5.27. The van der Waals surface area contributed by atoms with Gasteiger partial charge in [0.25, 0.3) is 0 Å². The SMILES string of the molecule is CN(C(=O)C1CCC1)C1CCN(c2ncc(Br)cc2C(F)(F)F)CC1. The Bertz CT molecular complexity index is 641. The monoisotopic (exact) mass is 419 g/mol. The van der Waals surface area contributed by atoms with E-state index in [0.29, 0.717) is 30.4 Å². The van der Waals surface area contributed by atoms with Gasteiger partial charge < -0.3 is 9.80 Å². The maximum Gasteiger partial charge on any atom is 0.419 e. The first-order chi connectivity index (χ1) is 11.8. The van der Waals surface area contributed by atoms with Crippen LogP contribution in [0.4, 0.5) is 19.0 Å². The average molecular weight is 420 g/mol. The van der Waals surface area contributed by atoms with Crippen LogP contribution in [0.15, 0.2) is 16.7 Å². The van der Waals surface area contributed by atoms with Gasteiger partial charge in [0.15, 0.2) is 0 Å². The molecule has 1 saturated heterocycles. The Morgan fingerprint density at radius 2 is 1.92 bits per heavy atom. The Labute approximate surface area is 153 Å². The number of carbonyl (C=O) groups excluding carboxylic acids is 1. The van der Waals surface area contributed by atoms with Crippen molar-refractivity contribution in [1.29, 1.82) is 0 Å². The Morgan fingerprint density at radius 3 is 2.44 bits per heavy atom. The van der Waals surface area contributed by atoms with Crippen molar-refractivity contribution in [1.82, 2.24) is 9.88 Å². The second-order valence-corrected chi connectivity index (χ2v) is 7.73. The third kappa shape index (κ3) is 3.93. The number of alkyl halides is 3. The number of halogens is 4. The number of hydrogen-bond donors (Lipinski definition) is 0. The molecule has 0 spiro atoms. The van der Waals surface area contributed by atoms with Gasteiger partial charge in [-0.15, -0.1) is 0 Å². The molecule has 2 aliphatic rings. The first kappa shape index (κ1) is 18.5. The molecule has 0 aromatic carbocycles. The molecule has 2 heterocycles. The summed E-state index contributed by atoms with van der Waals surface area (Å²) in [6.07, 6.45) is 1.29. The first-order valence-electron chi connectivity index (χ1n) is 8.51. The van der Waals surface area contributed by atoms with E-state index in [0.717, 1.165) is 25.3 Å². The first-order valence-corrected chi connectivity index (χ1v) is 9.31. The normalized spacial score (nSPS) is 19.6. The highest BCUT2D eigenvalue weighted by Crippen LogP contribution is 2.38. The lowest BCUT2D eigenvalue weighted by atomic mass is 9.84. The highest BCUT2D eigenvalue weighted by atomic mass is 79.9. The van der Waals surface area contributed by atoms with Gasteiger partial charge in [-0.25, -0.2) is 4.98 Å². The lowest BCUT2D eigenvalue weighted by Gasteiger charge is -2.40. The molecular formula is C17H21BrF3N3O. The molecule has 1 saturated carbocycles. The van der Waals surface area contributed by atoms with Crippen molar-refractivity contribution in [3.05, 3.63) is 22.3 Å². The fourth-order valence-corrected chi connectivity index (χ4v) is 3.81. The molecule has 0 N–H and O–H groups in total. The van der Waals surface area contributed by atoms with E-state index in [1.807, 2.05) is 7.05 Å². The summed E-state index contributed by atoms with van der Waals surface area (Å²) in [5.41, 5.74) is -0.723. The number of pyridine rings is 1. The number of hydrogen-bond acceptors (Lipinski definition) is 3. The van der Waals surface area contributed by atoms with Gasteiger partial charge >= 0.3 is 6.18 Å². The second-order valence-electron chi connectivity index (χ2n) is 6.82. The minimum atomic E-state index is -4.44. The van der Waals surface area contributed by atoms with Crippen molar-refractivity contribution in [3.8, 4) is 0 Å². The third-order valence-corrected chi connectivity index (χ3v) is 5.69. The molecule has 0 unspecified atom stereocenters. The number of anilines is 1. The van der Waals surface area contributed by atoms with Crippen molar-refractivity contribution in [2.24, 2.45) is 5.92 Å². The molecule has 8 heteroatoms. The van der Waals surface area contributed by atoms with Crippen LogP contribution in [0, 0.1) is 5.92 Å². The van der Waals surface area contributed by atoms with E-state index in [1.165, 1.54) is 6.20 Å². The molecule has 1 aromatic heterocycles. The van der Waals surface area contributed by atoms with Gasteiger partial charge in [-0.05, 0) is 47.7 Å². The van der Waals surface area contributed by atoms with Crippen LogP contribution in [0.1, 0.15) is 37.7 Å². The molecule has 25 heavy (non-hydrogen) atoms. The van der Waals surface area contributed by atoms with Crippen LogP contribution in [-0.2, 0) is 11.0 Å². The molecule has 3 rings (SSSR count). The number of aromatic nitrogens is 1. The molecule has 1 amide bonds. The highest BCUT2D eigenvalue weighted by molar-refractivity contribution is 9.10. The quantitative estimate of drug-likeness (QED) is 0.739. The van der Waals surface area contributed by atoms with Crippen molar-refractivity contribution in [2.75, 3.05) is 25.0 Å². The minimum Gasteiger partial charge on any atom is -0.356 e. The summed E-state index contributed by atoms with van der Waals surface area (Å²) in [7, 11) is 1.82. The molecule has 2 fully saturated rings. The van der Waals surface area contributed by atoms with E-state index in [9.17, 15) is 18.0 Å². The van der Waals surface area contributed by atoms with Crippen LogP contribution in [-0.4, -0.2) is 42.0 Å². The number of carbonyl (C=O) groups is 1. The second kappa shape index (κ2) is 7.13. The van der Waals surface area contributed by atoms with Crippen molar-refractivity contribution in [3.63, 3.8) is 0 Å². The van der Waals surface area contributed by atoms with E-state index >= 15 is 0 Å². The summed E-state index contributed by atoms with van der Waals surface area (Å²) in [6, 6.07) is 1.16. The van der Waals surface area contributed by atoms with Gasteiger partial charge in [-0.1, -0.05) is 6.42 Å². The van der Waals surface area contributed by atoms with Crippen LogP contribution < -0.4 is 4.90 Å². The van der Waals surface area contributed by atoms with Crippen LogP contribution in [0.3, 0.4) is 0 Å². The lowest BCUT2D eigenvalue weighted by molar-refractivity contribution is -0.139. The Hall–Kier alpha value is -1.31. The van der Waals surface area contributed by atoms with E-state index in [1.54, 1.807) is 9.80 Å². The number of amides is 1. The summed E-state index contributed by atoms with van der Waals surface area (Å²) in [5.74, 6) is 0.303. The van der Waals surface area contributed by atoms with E-state index in [-0.39, 0.29) is 23.7 Å². The minimum absolute atomic E-state index is 0.0258. The van der Waals surface area contributed by atoms with Gasteiger partial charge in [0.1, 0.15) is 5.82 Å². The summed E-state index contributed by atoms with van der Waals surface area (Å²) >= 11 is 3.06. The number of rotatable bonds is 3. The zero-order chi connectivity index (χ0) is 18.2. The predicted octanol–water partition coefficient (Wildman–Crippen LogP) is 4.09. The summed E-state index contributed by atoms with van der Waals surface area (Å²) in [4.78, 5) is 19.8. The average Bonchev–Trinajstić information content (AvgIpc) is 2.52. The van der Waals surface area contributed by atoms with Crippen LogP contribution in [0.25, 0.3) is 0 Å². The predicted molar refractivity (Wildman–Crippen MR) is 92.3 cm³/mol. The fourth-order valence-electron chi connectivity index (χ4n) is 3.48. The van der Waals surface area contributed by atoms with Gasteiger partial charge in [0.2, 0.25) is 5.91 Å². The van der Waals surface area contributed by atoms with Crippen molar-refractivity contribution >= 4 is 27.7 Å². The zero-order valence-corrected chi connectivity index (χ0v) is 15.6. The summed E-state index contributed by atoms with van der Waals surface area (Å²) in [6.45, 7) is 0.926. The molecule has 4 nitrogen and oxygen atoms in total. The Morgan fingerprint density at radius 1 is 1.28 bits per heavy atom. The van der Waals surface area contributed by atoms with Gasteiger partial charge in [-0.2, -0.15) is 13.2 Å². The highest BCUT2D eigenvalue weighted by Gasteiger charge is 2.38. The summed E-state index contributed by atoms with van der Waals surface area (Å²) in [5, 5.41) is 0. The molecule has 1 aliphatic heterocycles. The smallest absolute Gasteiger partial charge is 0.356 e. The van der Waals surface area contributed by atoms with Crippen LogP contribution in [0.2, 0.25) is 0 Å². The van der Waals surface area contributed by atoms with Gasteiger partial charge in [0.05, 0.1) is 5.56 Å². The molecule has 1 aliphatic carbocycles. The largest absolute Gasteiger partial charge is 0.419 e. The molecule has 0 atom stereocenters. The summed E-state index contributed by atoms with van der Waals surface area (Å²) < 4.78 is 40.2. The van der Waals surface area contributed by atoms with Crippen LogP contribution in [0.5, 0.6) is 0 Å².